The number of anilines is 1. The lowest BCUT2D eigenvalue weighted by atomic mass is 9.91. The minimum Gasteiger partial charge on any atom is -0.380 e. The number of ether oxygens (including phenoxy) is 1. The summed E-state index contributed by atoms with van der Waals surface area (Å²) in [5.41, 5.74) is 0.463. The van der Waals surface area contributed by atoms with Crippen molar-refractivity contribution in [3.63, 3.8) is 0 Å². The smallest absolute Gasteiger partial charge is 0.259 e. The molecule has 172 valence electrons. The fraction of sp³-hybridized carbons (Fsp3) is 0.520. The first kappa shape index (κ1) is 22.8. The van der Waals surface area contributed by atoms with Crippen LogP contribution in [0.2, 0.25) is 0 Å². The summed E-state index contributed by atoms with van der Waals surface area (Å²) >= 11 is 0. The molecule has 4 rings (SSSR count). The molecule has 0 N–H and O–H groups in total. The zero-order chi connectivity index (χ0) is 22.3. The first-order valence-corrected chi connectivity index (χ1v) is 11.6. The van der Waals surface area contributed by atoms with Gasteiger partial charge in [0.05, 0.1) is 6.10 Å². The van der Waals surface area contributed by atoms with Crippen molar-refractivity contribution < 1.29 is 13.9 Å². The van der Waals surface area contributed by atoms with E-state index < -0.39 is 0 Å². The van der Waals surface area contributed by atoms with Crippen molar-refractivity contribution in [2.75, 3.05) is 51.3 Å². The van der Waals surface area contributed by atoms with E-state index in [1.165, 1.54) is 43.5 Å². The predicted molar refractivity (Wildman–Crippen MR) is 123 cm³/mol. The van der Waals surface area contributed by atoms with Gasteiger partial charge in [0.15, 0.2) is 0 Å². The molecule has 1 aromatic carbocycles. The Morgan fingerprint density at radius 2 is 1.84 bits per heavy atom. The van der Waals surface area contributed by atoms with E-state index in [0.29, 0.717) is 30.1 Å². The zero-order valence-corrected chi connectivity index (χ0v) is 18.8. The Kier molecular flexibility index (Phi) is 7.84. The van der Waals surface area contributed by atoms with Crippen molar-refractivity contribution in [2.45, 2.75) is 37.8 Å². The fourth-order valence-corrected chi connectivity index (χ4v) is 4.91. The molecule has 2 aliphatic rings. The maximum atomic E-state index is 13.3. The predicted octanol–water partition coefficient (Wildman–Crippen LogP) is 3.44. The molecule has 32 heavy (non-hydrogen) atoms. The van der Waals surface area contributed by atoms with Gasteiger partial charge >= 0.3 is 0 Å². The third-order valence-corrected chi connectivity index (χ3v) is 6.75. The molecule has 2 heterocycles. The van der Waals surface area contributed by atoms with Gasteiger partial charge in [-0.1, -0.05) is 18.9 Å². The molecule has 2 atom stereocenters. The van der Waals surface area contributed by atoms with Gasteiger partial charge in [-0.2, -0.15) is 0 Å². The zero-order valence-electron chi connectivity index (χ0n) is 18.8. The first-order chi connectivity index (χ1) is 15.7. The van der Waals surface area contributed by atoms with E-state index >= 15 is 0 Å². The lowest BCUT2D eigenvalue weighted by Crippen LogP contribution is -2.55. The van der Waals surface area contributed by atoms with Crippen molar-refractivity contribution >= 4 is 11.7 Å². The second-order valence-corrected chi connectivity index (χ2v) is 8.66. The molecule has 0 spiro atoms. The van der Waals surface area contributed by atoms with Gasteiger partial charge in [0.1, 0.15) is 11.6 Å². The van der Waals surface area contributed by atoms with Crippen LogP contribution in [-0.2, 0) is 4.74 Å². The van der Waals surface area contributed by atoms with E-state index in [4.69, 9.17) is 4.74 Å². The van der Waals surface area contributed by atoms with E-state index in [1.807, 2.05) is 25.3 Å². The van der Waals surface area contributed by atoms with Crippen LogP contribution < -0.4 is 4.90 Å². The van der Waals surface area contributed by atoms with Crippen LogP contribution in [0.25, 0.3) is 0 Å². The van der Waals surface area contributed by atoms with E-state index in [-0.39, 0.29) is 11.7 Å². The minimum atomic E-state index is -0.350. The van der Waals surface area contributed by atoms with E-state index in [9.17, 15) is 9.18 Å². The lowest BCUT2D eigenvalue weighted by Gasteiger charge is -2.43. The molecule has 1 aliphatic carbocycles. The van der Waals surface area contributed by atoms with Gasteiger partial charge in [-0.25, -0.2) is 9.37 Å². The molecule has 1 aromatic heterocycles. The van der Waals surface area contributed by atoms with Crippen LogP contribution in [0.15, 0.2) is 48.7 Å². The Balaban J connectivity index is 1.36. The van der Waals surface area contributed by atoms with Gasteiger partial charge in [0.2, 0.25) is 0 Å². The molecule has 2 fully saturated rings. The number of pyridine rings is 1. The van der Waals surface area contributed by atoms with Crippen LogP contribution >= 0.6 is 0 Å². The summed E-state index contributed by atoms with van der Waals surface area (Å²) in [4.78, 5) is 24.3. The maximum absolute atomic E-state index is 13.3. The number of hydrogen-bond acceptors (Lipinski definition) is 5. The van der Waals surface area contributed by atoms with Gasteiger partial charge in [-0.3, -0.25) is 19.5 Å². The number of hydrogen-bond donors (Lipinski definition) is 0. The SMILES string of the molecule is COC1CCCCC1N1CCN(CCN(C(=O)c2ccc(F)cc2)c2ccccn2)CC1. The van der Waals surface area contributed by atoms with Gasteiger partial charge in [-0.05, 0) is 49.2 Å². The summed E-state index contributed by atoms with van der Waals surface area (Å²) in [5, 5.41) is 0. The highest BCUT2D eigenvalue weighted by Gasteiger charge is 2.32. The van der Waals surface area contributed by atoms with Crippen LogP contribution in [0.1, 0.15) is 36.0 Å². The van der Waals surface area contributed by atoms with Crippen molar-refractivity contribution in [3.8, 4) is 0 Å². The van der Waals surface area contributed by atoms with E-state index in [1.54, 1.807) is 11.1 Å². The highest BCUT2D eigenvalue weighted by atomic mass is 19.1. The number of benzene rings is 1. The molecular formula is C25H33FN4O2. The van der Waals surface area contributed by atoms with E-state index in [0.717, 1.165) is 39.1 Å². The number of carbonyl (C=O) groups is 1. The van der Waals surface area contributed by atoms with Gasteiger partial charge in [-0.15, -0.1) is 0 Å². The number of methoxy groups -OCH3 is 1. The molecule has 1 aliphatic heterocycles. The molecule has 7 heteroatoms. The van der Waals surface area contributed by atoms with Gasteiger partial charge in [0.25, 0.3) is 5.91 Å². The lowest BCUT2D eigenvalue weighted by molar-refractivity contribution is -0.0267. The van der Waals surface area contributed by atoms with Crippen molar-refractivity contribution in [3.05, 3.63) is 60.0 Å². The Morgan fingerprint density at radius 1 is 1.09 bits per heavy atom. The van der Waals surface area contributed by atoms with Crippen molar-refractivity contribution in [1.29, 1.82) is 0 Å². The average molecular weight is 441 g/mol. The molecule has 2 unspecified atom stereocenters. The second kappa shape index (κ2) is 11.0. The number of amides is 1. The molecule has 1 saturated carbocycles. The molecule has 2 aromatic rings. The molecule has 1 amide bonds. The van der Waals surface area contributed by atoms with Gasteiger partial charge in [0, 0.05) is 64.2 Å². The summed E-state index contributed by atoms with van der Waals surface area (Å²) in [6, 6.07) is 11.8. The van der Waals surface area contributed by atoms with Crippen LogP contribution in [0, 0.1) is 5.82 Å². The van der Waals surface area contributed by atoms with Gasteiger partial charge < -0.3 is 4.74 Å². The van der Waals surface area contributed by atoms with Crippen LogP contribution in [0.5, 0.6) is 0 Å². The third-order valence-electron chi connectivity index (χ3n) is 6.75. The van der Waals surface area contributed by atoms with Crippen molar-refractivity contribution in [2.24, 2.45) is 0 Å². The number of aromatic nitrogens is 1. The summed E-state index contributed by atoms with van der Waals surface area (Å²) in [6.45, 7) is 5.33. The molecule has 0 radical (unpaired) electrons. The normalized spacial score (nSPS) is 22.6. The molecule has 0 bridgehead atoms. The molecular weight excluding hydrogens is 407 g/mol. The van der Waals surface area contributed by atoms with Crippen LogP contribution in [0.4, 0.5) is 10.2 Å². The Morgan fingerprint density at radius 3 is 2.53 bits per heavy atom. The Bertz CT molecular complexity index is 856. The number of halogens is 1. The highest BCUT2D eigenvalue weighted by Crippen LogP contribution is 2.26. The second-order valence-electron chi connectivity index (χ2n) is 8.66. The first-order valence-electron chi connectivity index (χ1n) is 11.6. The summed E-state index contributed by atoms with van der Waals surface area (Å²) in [7, 11) is 1.84. The topological polar surface area (TPSA) is 48.9 Å². The van der Waals surface area contributed by atoms with Crippen LogP contribution in [0.3, 0.4) is 0 Å². The fourth-order valence-electron chi connectivity index (χ4n) is 4.91. The number of piperazine rings is 1. The standard InChI is InChI=1S/C25H33FN4O2/c1-32-23-7-3-2-6-22(23)29-17-14-28(15-18-29)16-19-30(24-8-4-5-13-27-24)25(31)20-9-11-21(26)12-10-20/h4-5,8-13,22-23H,2-3,6-7,14-19H2,1H3. The largest absolute Gasteiger partial charge is 0.380 e. The Labute approximate surface area is 190 Å². The number of rotatable bonds is 7. The summed E-state index contributed by atoms with van der Waals surface area (Å²) in [5.74, 6) is 0.107. The molecule has 6 nitrogen and oxygen atoms in total. The minimum absolute atomic E-state index is 0.160. The number of carbonyl (C=O) groups excluding carboxylic acids is 1. The Hall–Kier alpha value is -2.35. The van der Waals surface area contributed by atoms with E-state index in [2.05, 4.69) is 14.8 Å². The quantitative estimate of drug-likeness (QED) is 0.660. The van der Waals surface area contributed by atoms with Crippen LogP contribution in [-0.4, -0.2) is 79.2 Å². The monoisotopic (exact) mass is 440 g/mol. The number of nitrogens with zero attached hydrogens (tertiary/aromatic N) is 4. The third kappa shape index (κ3) is 5.52. The highest BCUT2D eigenvalue weighted by molar-refractivity contribution is 6.05. The summed E-state index contributed by atoms with van der Waals surface area (Å²) < 4.78 is 19.1. The molecule has 1 saturated heterocycles. The average Bonchev–Trinajstić information content (AvgIpc) is 2.85. The van der Waals surface area contributed by atoms with Crippen molar-refractivity contribution in [1.82, 2.24) is 14.8 Å². The summed E-state index contributed by atoms with van der Waals surface area (Å²) in [6.07, 6.45) is 6.97. The maximum Gasteiger partial charge on any atom is 0.259 e.